The van der Waals surface area contributed by atoms with E-state index in [0.29, 0.717) is 11.4 Å². The highest BCUT2D eigenvalue weighted by Crippen LogP contribution is 2.26. The van der Waals surface area contributed by atoms with Crippen LogP contribution >= 0.6 is 27.3 Å². The molecule has 0 radical (unpaired) electrons. The molecule has 23 heavy (non-hydrogen) atoms. The Hall–Kier alpha value is -1.68. The quantitative estimate of drug-likeness (QED) is 0.698. The number of hydrogen-bond acceptors (Lipinski definition) is 6. The standard InChI is InChI=1S/C14H11BrN4O2S2/c15-12-1-2-13(22-12)23(20,21)19-9-11-14(18-8-7-17-11)10-3-5-16-6-4-10/h1-8,19H,9H2. The van der Waals surface area contributed by atoms with Gasteiger partial charge in [-0.3, -0.25) is 15.0 Å². The lowest BCUT2D eigenvalue weighted by molar-refractivity contribution is 0.582. The fraction of sp³-hybridized carbons (Fsp3) is 0.0714. The van der Waals surface area contributed by atoms with E-state index in [1.165, 1.54) is 6.20 Å². The molecule has 9 heteroatoms. The van der Waals surface area contributed by atoms with E-state index < -0.39 is 10.0 Å². The number of nitrogens with one attached hydrogen (secondary N) is 1. The molecule has 0 bridgehead atoms. The summed E-state index contributed by atoms with van der Waals surface area (Å²) < 4.78 is 28.1. The van der Waals surface area contributed by atoms with Crippen molar-refractivity contribution in [2.45, 2.75) is 10.8 Å². The first-order valence-corrected chi connectivity index (χ1v) is 9.61. The van der Waals surface area contributed by atoms with Crippen molar-refractivity contribution in [3.05, 3.63) is 58.5 Å². The molecule has 0 spiro atoms. The van der Waals surface area contributed by atoms with Crippen LogP contribution < -0.4 is 4.72 Å². The summed E-state index contributed by atoms with van der Waals surface area (Å²) >= 11 is 4.41. The lowest BCUT2D eigenvalue weighted by Gasteiger charge is -2.08. The highest BCUT2D eigenvalue weighted by molar-refractivity contribution is 9.11. The van der Waals surface area contributed by atoms with Crippen LogP contribution in [0.25, 0.3) is 11.3 Å². The summed E-state index contributed by atoms with van der Waals surface area (Å²) in [6.45, 7) is 0.0589. The third-order valence-corrected chi connectivity index (χ3v) is 6.49. The minimum Gasteiger partial charge on any atom is -0.265 e. The molecule has 0 aliphatic heterocycles. The second-order valence-corrected chi connectivity index (χ2v) is 8.93. The van der Waals surface area contributed by atoms with Crippen LogP contribution in [0.3, 0.4) is 0 Å². The molecule has 1 N–H and O–H groups in total. The van der Waals surface area contributed by atoms with Gasteiger partial charge in [0.2, 0.25) is 10.0 Å². The predicted molar refractivity (Wildman–Crippen MR) is 91.3 cm³/mol. The maximum Gasteiger partial charge on any atom is 0.250 e. The topological polar surface area (TPSA) is 84.8 Å². The van der Waals surface area contributed by atoms with Crippen molar-refractivity contribution in [3.8, 4) is 11.3 Å². The van der Waals surface area contributed by atoms with E-state index in [4.69, 9.17) is 0 Å². The Morgan fingerprint density at radius 3 is 2.48 bits per heavy atom. The molecule has 3 aromatic rings. The molecule has 6 nitrogen and oxygen atoms in total. The van der Waals surface area contributed by atoms with Gasteiger partial charge in [0.15, 0.2) is 0 Å². The van der Waals surface area contributed by atoms with Crippen LogP contribution in [0.5, 0.6) is 0 Å². The molecule has 0 amide bonds. The van der Waals surface area contributed by atoms with Crippen molar-refractivity contribution in [2.24, 2.45) is 0 Å². The maximum absolute atomic E-state index is 12.3. The van der Waals surface area contributed by atoms with Gasteiger partial charge in [0, 0.05) is 30.4 Å². The normalized spacial score (nSPS) is 11.5. The van der Waals surface area contributed by atoms with E-state index in [2.05, 4.69) is 35.6 Å². The van der Waals surface area contributed by atoms with E-state index in [1.54, 1.807) is 42.9 Å². The van der Waals surface area contributed by atoms with E-state index in [-0.39, 0.29) is 10.8 Å². The monoisotopic (exact) mass is 410 g/mol. The maximum atomic E-state index is 12.3. The van der Waals surface area contributed by atoms with Gasteiger partial charge in [-0.2, -0.15) is 0 Å². The molecule has 118 valence electrons. The summed E-state index contributed by atoms with van der Waals surface area (Å²) in [5.41, 5.74) is 2.02. The molecule has 0 atom stereocenters. The molecular formula is C14H11BrN4O2S2. The van der Waals surface area contributed by atoms with Gasteiger partial charge in [0.25, 0.3) is 0 Å². The number of thiophene rings is 1. The first-order chi connectivity index (χ1) is 11.1. The Bertz CT molecular complexity index is 913. The van der Waals surface area contributed by atoms with E-state index in [0.717, 1.165) is 20.7 Å². The molecule has 0 aliphatic rings. The summed E-state index contributed by atoms with van der Waals surface area (Å²) in [7, 11) is -3.58. The molecule has 0 aliphatic carbocycles. The Labute approximate surface area is 145 Å². The Kier molecular flexibility index (Phi) is 4.81. The zero-order valence-electron chi connectivity index (χ0n) is 11.7. The summed E-state index contributed by atoms with van der Waals surface area (Å²) in [5.74, 6) is 0. The van der Waals surface area contributed by atoms with Crippen LogP contribution in [0.2, 0.25) is 0 Å². The Morgan fingerprint density at radius 1 is 1.04 bits per heavy atom. The lowest BCUT2D eigenvalue weighted by Crippen LogP contribution is -2.23. The summed E-state index contributed by atoms with van der Waals surface area (Å²) in [6.07, 6.45) is 6.42. The van der Waals surface area contributed by atoms with Gasteiger partial charge in [-0.25, -0.2) is 13.1 Å². The van der Waals surface area contributed by atoms with Gasteiger partial charge in [-0.05, 0) is 40.2 Å². The molecule has 0 aromatic carbocycles. The number of halogens is 1. The zero-order valence-corrected chi connectivity index (χ0v) is 14.9. The van der Waals surface area contributed by atoms with Crippen LogP contribution in [0, 0.1) is 0 Å². The zero-order chi connectivity index (χ0) is 16.3. The number of sulfonamides is 1. The third kappa shape index (κ3) is 3.81. The van der Waals surface area contributed by atoms with E-state index in [1.807, 2.05) is 0 Å². The first-order valence-electron chi connectivity index (χ1n) is 6.51. The summed E-state index contributed by atoms with van der Waals surface area (Å²) in [5, 5.41) is 0. The molecular weight excluding hydrogens is 400 g/mol. The van der Waals surface area contributed by atoms with Gasteiger partial charge in [-0.1, -0.05) is 0 Å². The number of rotatable bonds is 5. The lowest BCUT2D eigenvalue weighted by atomic mass is 10.1. The predicted octanol–water partition coefficient (Wildman–Crippen LogP) is 2.84. The molecule has 3 rings (SSSR count). The number of hydrogen-bond donors (Lipinski definition) is 1. The largest absolute Gasteiger partial charge is 0.265 e. The van der Waals surface area contributed by atoms with Gasteiger partial charge in [0.05, 0.1) is 21.7 Å². The molecule has 0 unspecified atom stereocenters. The van der Waals surface area contributed by atoms with Gasteiger partial charge >= 0.3 is 0 Å². The van der Waals surface area contributed by atoms with E-state index >= 15 is 0 Å². The van der Waals surface area contributed by atoms with Crippen LogP contribution in [-0.2, 0) is 16.6 Å². The second kappa shape index (κ2) is 6.83. The van der Waals surface area contributed by atoms with Crippen LogP contribution in [0.15, 0.2) is 57.0 Å². The van der Waals surface area contributed by atoms with Crippen molar-refractivity contribution in [3.63, 3.8) is 0 Å². The first kappa shape index (κ1) is 16.2. The van der Waals surface area contributed by atoms with Crippen molar-refractivity contribution in [1.82, 2.24) is 19.7 Å². The van der Waals surface area contributed by atoms with Crippen molar-refractivity contribution in [2.75, 3.05) is 0 Å². The molecule has 0 fully saturated rings. The summed E-state index contributed by atoms with van der Waals surface area (Å²) in [4.78, 5) is 12.5. The SMILES string of the molecule is O=S(=O)(NCc1nccnc1-c1ccncc1)c1ccc(Br)s1. The van der Waals surface area contributed by atoms with Crippen molar-refractivity contribution < 1.29 is 8.42 Å². The average Bonchev–Trinajstić information content (AvgIpc) is 3.02. The Balaban J connectivity index is 1.84. The molecule has 0 saturated heterocycles. The van der Waals surface area contributed by atoms with Crippen LogP contribution in [-0.4, -0.2) is 23.4 Å². The van der Waals surface area contributed by atoms with Gasteiger partial charge in [-0.15, -0.1) is 11.3 Å². The molecule has 3 heterocycles. The van der Waals surface area contributed by atoms with Crippen molar-refractivity contribution >= 4 is 37.3 Å². The van der Waals surface area contributed by atoms with Crippen LogP contribution in [0.1, 0.15) is 5.69 Å². The highest BCUT2D eigenvalue weighted by atomic mass is 79.9. The number of aromatic nitrogens is 3. The Morgan fingerprint density at radius 2 is 1.78 bits per heavy atom. The highest BCUT2D eigenvalue weighted by Gasteiger charge is 2.18. The number of nitrogens with zero attached hydrogens (tertiary/aromatic N) is 3. The van der Waals surface area contributed by atoms with Crippen LogP contribution in [0.4, 0.5) is 0 Å². The fourth-order valence-corrected chi connectivity index (χ4v) is 4.97. The fourth-order valence-electron chi connectivity index (χ4n) is 1.92. The average molecular weight is 411 g/mol. The molecule has 3 aromatic heterocycles. The minimum atomic E-state index is -3.58. The van der Waals surface area contributed by atoms with E-state index in [9.17, 15) is 8.42 Å². The van der Waals surface area contributed by atoms with Crippen molar-refractivity contribution in [1.29, 1.82) is 0 Å². The third-order valence-electron chi connectivity index (χ3n) is 2.97. The molecule has 0 saturated carbocycles. The summed E-state index contributed by atoms with van der Waals surface area (Å²) in [6, 6.07) is 6.86. The number of pyridine rings is 1. The smallest absolute Gasteiger partial charge is 0.250 e. The van der Waals surface area contributed by atoms with Gasteiger partial charge in [0.1, 0.15) is 4.21 Å². The second-order valence-electron chi connectivity index (χ2n) is 4.47. The minimum absolute atomic E-state index is 0.0589. The van der Waals surface area contributed by atoms with Gasteiger partial charge < -0.3 is 0 Å².